The van der Waals surface area contributed by atoms with Crippen molar-refractivity contribution in [1.82, 2.24) is 19.6 Å². The topological polar surface area (TPSA) is 94.7 Å². The molecule has 1 aromatic carbocycles. The molecule has 4 aromatic rings. The zero-order chi connectivity index (χ0) is 21.7. The maximum Gasteiger partial charge on any atom is 0.229 e. The Morgan fingerprint density at radius 2 is 2.00 bits per heavy atom. The van der Waals surface area contributed by atoms with Gasteiger partial charge in [-0.1, -0.05) is 18.2 Å². The van der Waals surface area contributed by atoms with Crippen LogP contribution in [-0.2, 0) is 7.05 Å². The smallest absolute Gasteiger partial charge is 0.229 e. The fraction of sp³-hybridized carbons (Fsp3) is 0.136. The number of nitriles is 1. The summed E-state index contributed by atoms with van der Waals surface area (Å²) in [6.45, 7) is 1.94. The van der Waals surface area contributed by atoms with E-state index in [1.54, 1.807) is 20.7 Å². The first-order valence-corrected chi connectivity index (χ1v) is 11.2. The number of aryl methyl sites for hydroxylation is 2. The third-order valence-electron chi connectivity index (χ3n) is 5.17. The van der Waals surface area contributed by atoms with E-state index in [4.69, 9.17) is 15.6 Å². The second-order valence-corrected chi connectivity index (χ2v) is 9.06. The summed E-state index contributed by atoms with van der Waals surface area (Å²) in [5.74, 6) is 0.202. The van der Waals surface area contributed by atoms with Gasteiger partial charge in [0, 0.05) is 21.8 Å². The Bertz CT molecular complexity index is 1370. The van der Waals surface area contributed by atoms with E-state index in [9.17, 15) is 5.26 Å². The summed E-state index contributed by atoms with van der Waals surface area (Å²) in [5.41, 5.74) is 10.7. The Kier molecular flexibility index (Phi) is 4.68. The molecule has 7 nitrogen and oxygen atoms in total. The van der Waals surface area contributed by atoms with E-state index < -0.39 is 5.92 Å². The van der Waals surface area contributed by atoms with E-state index in [-0.39, 0.29) is 5.88 Å². The molecule has 0 aliphatic carbocycles. The number of ether oxygens (including phenoxy) is 1. The van der Waals surface area contributed by atoms with Gasteiger partial charge in [-0.25, -0.2) is 0 Å². The minimum Gasteiger partial charge on any atom is -0.422 e. The van der Waals surface area contributed by atoms with Crippen molar-refractivity contribution in [2.45, 2.75) is 12.8 Å². The van der Waals surface area contributed by atoms with E-state index in [2.05, 4.69) is 27.1 Å². The summed E-state index contributed by atoms with van der Waals surface area (Å²) >= 11 is 5.09. The van der Waals surface area contributed by atoms with E-state index in [0.717, 1.165) is 32.0 Å². The molecule has 5 rings (SSSR count). The summed E-state index contributed by atoms with van der Waals surface area (Å²) in [7, 11) is 1.88. The zero-order valence-corrected chi connectivity index (χ0v) is 19.1. The normalized spacial score (nSPS) is 15.5. The summed E-state index contributed by atoms with van der Waals surface area (Å²) in [6, 6.07) is 16.0. The van der Waals surface area contributed by atoms with Crippen molar-refractivity contribution in [2.24, 2.45) is 12.8 Å². The third kappa shape index (κ3) is 3.15. The zero-order valence-electron chi connectivity index (χ0n) is 16.7. The van der Waals surface area contributed by atoms with Crippen LogP contribution in [0.2, 0.25) is 0 Å². The van der Waals surface area contributed by atoms with Crippen molar-refractivity contribution in [3.63, 3.8) is 0 Å². The predicted octanol–water partition coefficient (Wildman–Crippen LogP) is 4.62. The minimum atomic E-state index is -0.396. The molecule has 31 heavy (non-hydrogen) atoms. The summed E-state index contributed by atoms with van der Waals surface area (Å²) in [4.78, 5) is 0.976. The SMILES string of the molecule is Cc1cc(-c2nn(-c3ccccc3)c3c2C(c2cc(Br)cs2)C(C#N)=C(N)O3)n(C)n1. The Morgan fingerprint density at radius 3 is 2.61 bits per heavy atom. The van der Waals surface area contributed by atoms with Crippen LogP contribution in [0, 0.1) is 18.3 Å². The van der Waals surface area contributed by atoms with E-state index in [0.29, 0.717) is 17.1 Å². The number of hydrogen-bond donors (Lipinski definition) is 1. The first-order chi connectivity index (χ1) is 15.0. The third-order valence-corrected chi connectivity index (χ3v) is 6.92. The van der Waals surface area contributed by atoms with Crippen molar-refractivity contribution >= 4 is 27.3 Å². The van der Waals surface area contributed by atoms with Gasteiger partial charge in [0.15, 0.2) is 0 Å². The van der Waals surface area contributed by atoms with Crippen LogP contribution < -0.4 is 10.5 Å². The van der Waals surface area contributed by atoms with Crippen LogP contribution in [-0.4, -0.2) is 19.6 Å². The summed E-state index contributed by atoms with van der Waals surface area (Å²) < 4.78 is 10.5. The molecule has 0 bridgehead atoms. The first-order valence-electron chi connectivity index (χ1n) is 9.48. The maximum atomic E-state index is 9.95. The van der Waals surface area contributed by atoms with Crippen LogP contribution in [0.25, 0.3) is 17.1 Å². The molecule has 1 aliphatic heterocycles. The molecule has 0 fully saturated rings. The van der Waals surface area contributed by atoms with Gasteiger partial charge < -0.3 is 10.5 Å². The van der Waals surface area contributed by atoms with Crippen LogP contribution >= 0.6 is 27.3 Å². The number of thiophene rings is 1. The van der Waals surface area contributed by atoms with Gasteiger partial charge in [0.2, 0.25) is 11.8 Å². The quantitative estimate of drug-likeness (QED) is 0.449. The molecule has 0 saturated heterocycles. The van der Waals surface area contributed by atoms with Gasteiger partial charge in [0.05, 0.1) is 28.6 Å². The maximum absolute atomic E-state index is 9.95. The summed E-state index contributed by atoms with van der Waals surface area (Å²) in [5, 5.41) is 21.4. The van der Waals surface area contributed by atoms with Crippen LogP contribution in [0.1, 0.15) is 22.1 Å². The monoisotopic (exact) mass is 492 g/mol. The fourth-order valence-corrected chi connectivity index (χ4v) is 5.43. The molecule has 4 heterocycles. The van der Waals surface area contributed by atoms with E-state index in [1.807, 2.05) is 61.8 Å². The van der Waals surface area contributed by atoms with Crippen molar-refractivity contribution < 1.29 is 4.74 Å². The van der Waals surface area contributed by atoms with Crippen molar-refractivity contribution in [3.05, 3.63) is 79.9 Å². The van der Waals surface area contributed by atoms with Gasteiger partial charge in [-0.15, -0.1) is 11.3 Å². The van der Waals surface area contributed by atoms with Crippen LogP contribution in [0.5, 0.6) is 5.88 Å². The number of nitrogens with zero attached hydrogens (tertiary/aromatic N) is 5. The average Bonchev–Trinajstić information content (AvgIpc) is 3.44. The second kappa shape index (κ2) is 7.41. The van der Waals surface area contributed by atoms with E-state index in [1.165, 1.54) is 0 Å². The number of fused-ring (bicyclic) bond motifs is 1. The number of hydrogen-bond acceptors (Lipinski definition) is 6. The number of benzene rings is 1. The molecule has 1 atom stereocenters. The van der Waals surface area contributed by atoms with Gasteiger partial charge in [-0.2, -0.15) is 20.1 Å². The highest BCUT2D eigenvalue weighted by Gasteiger charge is 2.39. The predicted molar refractivity (Wildman–Crippen MR) is 122 cm³/mol. The lowest BCUT2D eigenvalue weighted by Gasteiger charge is -2.24. The molecule has 154 valence electrons. The Morgan fingerprint density at radius 1 is 1.23 bits per heavy atom. The molecule has 2 N–H and O–H groups in total. The number of para-hydroxylation sites is 1. The lowest BCUT2D eigenvalue weighted by atomic mass is 9.88. The lowest BCUT2D eigenvalue weighted by Crippen LogP contribution is -2.21. The van der Waals surface area contributed by atoms with Gasteiger partial charge in [0.1, 0.15) is 17.3 Å². The molecular weight excluding hydrogens is 476 g/mol. The first kappa shape index (κ1) is 19.6. The summed E-state index contributed by atoms with van der Waals surface area (Å²) in [6.07, 6.45) is 0. The highest BCUT2D eigenvalue weighted by molar-refractivity contribution is 9.10. The van der Waals surface area contributed by atoms with Gasteiger partial charge in [0.25, 0.3) is 0 Å². The van der Waals surface area contributed by atoms with Crippen molar-refractivity contribution in [3.8, 4) is 29.0 Å². The Balaban J connectivity index is 1.85. The second-order valence-electron chi connectivity index (χ2n) is 7.20. The van der Waals surface area contributed by atoms with Crippen LogP contribution in [0.4, 0.5) is 0 Å². The lowest BCUT2D eigenvalue weighted by molar-refractivity contribution is 0.367. The number of allylic oxidation sites excluding steroid dienone is 1. The van der Waals surface area contributed by atoms with Crippen molar-refractivity contribution in [2.75, 3.05) is 0 Å². The minimum absolute atomic E-state index is 0.0920. The van der Waals surface area contributed by atoms with Crippen LogP contribution in [0.15, 0.2) is 63.8 Å². The molecule has 0 amide bonds. The molecule has 0 spiro atoms. The highest BCUT2D eigenvalue weighted by Crippen LogP contribution is 2.49. The number of nitrogens with two attached hydrogens (primary N) is 1. The largest absolute Gasteiger partial charge is 0.422 e. The Hall–Kier alpha value is -3.35. The average molecular weight is 493 g/mol. The molecule has 3 aromatic heterocycles. The Labute approximate surface area is 191 Å². The van der Waals surface area contributed by atoms with E-state index >= 15 is 0 Å². The molecule has 9 heteroatoms. The molecule has 0 saturated carbocycles. The molecule has 1 unspecified atom stereocenters. The highest BCUT2D eigenvalue weighted by atomic mass is 79.9. The standard InChI is InChI=1S/C22H17BrN6OS/c1-12-8-16(28(2)26-12)20-19-18(17-9-13(23)11-31-17)15(10-24)21(25)30-22(19)29(27-20)14-6-4-3-5-7-14/h3-9,11,18H,25H2,1-2H3. The van der Waals surface area contributed by atoms with Crippen LogP contribution in [0.3, 0.4) is 0 Å². The fourth-order valence-electron chi connectivity index (χ4n) is 3.87. The van der Waals surface area contributed by atoms with Gasteiger partial charge in [-0.05, 0) is 47.1 Å². The number of halogens is 1. The van der Waals surface area contributed by atoms with Gasteiger partial charge >= 0.3 is 0 Å². The molecule has 1 aliphatic rings. The molecular formula is C22H17BrN6OS. The number of rotatable bonds is 3. The molecule has 0 radical (unpaired) electrons. The number of aromatic nitrogens is 4. The van der Waals surface area contributed by atoms with Crippen molar-refractivity contribution in [1.29, 1.82) is 5.26 Å². The van der Waals surface area contributed by atoms with Gasteiger partial charge in [-0.3, -0.25) is 4.68 Å².